The highest BCUT2D eigenvalue weighted by atomic mass is 32.2. The van der Waals surface area contributed by atoms with Gasteiger partial charge in [0.05, 0.1) is 23.4 Å². The van der Waals surface area contributed by atoms with Gasteiger partial charge in [0.25, 0.3) is 5.91 Å². The number of likely N-dealkylation sites (tertiary alicyclic amines) is 1. The lowest BCUT2D eigenvalue weighted by Crippen LogP contribution is -2.42. The first-order chi connectivity index (χ1) is 21.3. The molecule has 4 rings (SSSR count). The van der Waals surface area contributed by atoms with E-state index >= 15 is 0 Å². The number of aryl methyl sites for hydroxylation is 1. The number of carbonyl (C=O) groups excluding carboxylic acids is 1. The van der Waals surface area contributed by atoms with Gasteiger partial charge in [0.1, 0.15) is 15.9 Å². The Morgan fingerprint density at radius 3 is 2.31 bits per heavy atom. The number of carboxylic acids is 1. The standard InChI is InChI=1S/C33H40N2O8S2/c1-23-9-7-8-12-28(23)30-17-25(13-14-29(30)32(36)34-31(33(37)38)15-16-44(3,39)40)19-35-20-27(18-26(35)21-43-2)45(41,42)22-24-10-5-4-6-11-24/h4-14,17,26-27,31H,15-16,18-22H2,1-3H3,(H,34,36)(H,37,38)/t26-,27+,31+/m0/s1. The van der Waals surface area contributed by atoms with Gasteiger partial charge in [-0.15, -0.1) is 0 Å². The van der Waals surface area contributed by atoms with E-state index in [0.717, 1.165) is 28.5 Å². The third-order valence-corrected chi connectivity index (χ3v) is 11.2. The lowest BCUT2D eigenvalue weighted by atomic mass is 9.93. The van der Waals surface area contributed by atoms with E-state index < -0.39 is 42.8 Å². The van der Waals surface area contributed by atoms with Crippen molar-refractivity contribution in [1.82, 2.24) is 10.2 Å². The lowest BCUT2D eigenvalue weighted by Gasteiger charge is -2.24. The summed E-state index contributed by atoms with van der Waals surface area (Å²) in [6, 6.07) is 20.4. The Kier molecular flexibility index (Phi) is 11.2. The van der Waals surface area contributed by atoms with Crippen LogP contribution in [0.15, 0.2) is 72.8 Å². The van der Waals surface area contributed by atoms with Gasteiger partial charge in [-0.1, -0.05) is 60.7 Å². The van der Waals surface area contributed by atoms with Crippen LogP contribution in [0.5, 0.6) is 0 Å². The van der Waals surface area contributed by atoms with Gasteiger partial charge in [-0.05, 0) is 59.7 Å². The number of carboxylic acid groups (broad SMARTS) is 1. The Hall–Kier alpha value is -3.58. The van der Waals surface area contributed by atoms with E-state index in [2.05, 4.69) is 10.2 Å². The van der Waals surface area contributed by atoms with Crippen molar-refractivity contribution in [2.24, 2.45) is 0 Å². The molecule has 0 spiro atoms. The first-order valence-electron chi connectivity index (χ1n) is 14.7. The molecule has 1 aliphatic heterocycles. The highest BCUT2D eigenvalue weighted by Crippen LogP contribution is 2.31. The van der Waals surface area contributed by atoms with Gasteiger partial charge in [-0.25, -0.2) is 21.6 Å². The predicted molar refractivity (Wildman–Crippen MR) is 173 cm³/mol. The van der Waals surface area contributed by atoms with Crippen LogP contribution >= 0.6 is 0 Å². The Labute approximate surface area is 265 Å². The van der Waals surface area contributed by atoms with Gasteiger partial charge < -0.3 is 15.2 Å². The maximum absolute atomic E-state index is 13.5. The van der Waals surface area contributed by atoms with Gasteiger partial charge in [0, 0.05) is 38.1 Å². The average molecular weight is 657 g/mol. The molecule has 0 saturated carbocycles. The monoisotopic (exact) mass is 656 g/mol. The number of rotatable bonds is 14. The van der Waals surface area contributed by atoms with E-state index in [4.69, 9.17) is 4.74 Å². The highest BCUT2D eigenvalue weighted by molar-refractivity contribution is 7.91. The van der Waals surface area contributed by atoms with Gasteiger partial charge >= 0.3 is 5.97 Å². The number of nitrogens with one attached hydrogen (secondary N) is 1. The zero-order valence-electron chi connectivity index (χ0n) is 25.7. The number of hydrogen-bond donors (Lipinski definition) is 2. The molecule has 1 amide bonds. The van der Waals surface area contributed by atoms with Crippen LogP contribution in [-0.4, -0.2) is 88.3 Å². The molecular formula is C33H40N2O8S2. The number of ether oxygens (including phenoxy) is 1. The molecule has 0 unspecified atom stereocenters. The van der Waals surface area contributed by atoms with Crippen LogP contribution in [0, 0.1) is 6.92 Å². The molecular weight excluding hydrogens is 617 g/mol. The van der Waals surface area contributed by atoms with Crippen LogP contribution in [0.25, 0.3) is 11.1 Å². The molecule has 1 saturated heterocycles. The van der Waals surface area contributed by atoms with Crippen LogP contribution in [0.2, 0.25) is 0 Å². The van der Waals surface area contributed by atoms with E-state index in [1.54, 1.807) is 19.2 Å². The fraction of sp³-hybridized carbons (Fsp3) is 0.394. The Morgan fingerprint density at radius 1 is 0.978 bits per heavy atom. The molecule has 3 atom stereocenters. The van der Waals surface area contributed by atoms with Crippen molar-refractivity contribution < 1.29 is 36.3 Å². The number of methoxy groups -OCH3 is 1. The van der Waals surface area contributed by atoms with Crippen molar-refractivity contribution in [3.8, 4) is 11.1 Å². The number of sulfone groups is 2. The summed E-state index contributed by atoms with van der Waals surface area (Å²) in [4.78, 5) is 27.4. The van der Waals surface area contributed by atoms with Gasteiger partial charge in [-0.2, -0.15) is 0 Å². The second kappa shape index (κ2) is 14.7. The van der Waals surface area contributed by atoms with Crippen molar-refractivity contribution in [2.45, 2.75) is 49.4 Å². The van der Waals surface area contributed by atoms with Crippen molar-refractivity contribution in [3.63, 3.8) is 0 Å². The van der Waals surface area contributed by atoms with E-state index in [1.165, 1.54) is 0 Å². The van der Waals surface area contributed by atoms with Gasteiger partial charge in [0.15, 0.2) is 9.84 Å². The summed E-state index contributed by atoms with van der Waals surface area (Å²) in [5, 5.41) is 11.6. The molecule has 1 aliphatic rings. The molecule has 0 radical (unpaired) electrons. The lowest BCUT2D eigenvalue weighted by molar-refractivity contribution is -0.139. The molecule has 3 aromatic carbocycles. The summed E-state index contributed by atoms with van der Waals surface area (Å²) in [5.41, 5.74) is 4.12. The predicted octanol–water partition coefficient (Wildman–Crippen LogP) is 3.48. The molecule has 0 aliphatic carbocycles. The van der Waals surface area contributed by atoms with E-state index in [0.29, 0.717) is 31.7 Å². The average Bonchev–Trinajstić information content (AvgIpc) is 3.38. The molecule has 3 aromatic rings. The molecule has 242 valence electrons. The van der Waals surface area contributed by atoms with Crippen LogP contribution in [0.4, 0.5) is 0 Å². The van der Waals surface area contributed by atoms with E-state index in [1.807, 2.05) is 67.6 Å². The third-order valence-electron chi connectivity index (χ3n) is 8.10. The van der Waals surface area contributed by atoms with Crippen molar-refractivity contribution >= 4 is 31.6 Å². The molecule has 1 heterocycles. The largest absolute Gasteiger partial charge is 0.480 e. The molecule has 2 N–H and O–H groups in total. The summed E-state index contributed by atoms with van der Waals surface area (Å²) in [6.45, 7) is 3.03. The second-order valence-electron chi connectivity index (χ2n) is 11.7. The Morgan fingerprint density at radius 2 is 1.67 bits per heavy atom. The number of hydrogen-bond acceptors (Lipinski definition) is 8. The first kappa shape index (κ1) is 34.3. The quantitative estimate of drug-likeness (QED) is 0.266. The highest BCUT2D eigenvalue weighted by Gasteiger charge is 2.39. The topological polar surface area (TPSA) is 147 Å². The summed E-state index contributed by atoms with van der Waals surface area (Å²) in [6.07, 6.45) is 1.20. The molecule has 0 bridgehead atoms. The second-order valence-corrected chi connectivity index (χ2v) is 16.2. The van der Waals surface area contributed by atoms with Gasteiger partial charge in [-0.3, -0.25) is 9.69 Å². The number of aliphatic carboxylic acids is 1. The van der Waals surface area contributed by atoms with Crippen LogP contribution in [0.1, 0.15) is 39.9 Å². The van der Waals surface area contributed by atoms with Crippen molar-refractivity contribution in [1.29, 1.82) is 0 Å². The minimum absolute atomic E-state index is 0.0329. The Bertz CT molecular complexity index is 1730. The van der Waals surface area contributed by atoms with Crippen LogP contribution < -0.4 is 5.32 Å². The molecule has 12 heteroatoms. The summed E-state index contributed by atoms with van der Waals surface area (Å²) >= 11 is 0. The fourth-order valence-electron chi connectivity index (χ4n) is 5.73. The molecule has 45 heavy (non-hydrogen) atoms. The minimum atomic E-state index is -3.43. The summed E-state index contributed by atoms with van der Waals surface area (Å²) < 4.78 is 55.5. The molecule has 0 aromatic heterocycles. The zero-order chi connectivity index (χ0) is 32.8. The maximum atomic E-state index is 13.5. The summed E-state index contributed by atoms with van der Waals surface area (Å²) in [7, 11) is -5.27. The van der Waals surface area contributed by atoms with E-state index in [-0.39, 0.29) is 29.5 Å². The van der Waals surface area contributed by atoms with E-state index in [9.17, 15) is 31.5 Å². The van der Waals surface area contributed by atoms with Gasteiger partial charge in [0.2, 0.25) is 0 Å². The number of benzene rings is 3. The maximum Gasteiger partial charge on any atom is 0.326 e. The molecule has 10 nitrogen and oxygen atoms in total. The van der Waals surface area contributed by atoms with Crippen LogP contribution in [-0.2, 0) is 41.5 Å². The SMILES string of the molecule is COC[C@@H]1C[C@@H](S(=O)(=O)Cc2ccccc2)CN1Cc1ccc(C(=O)N[C@H](CCS(C)(=O)=O)C(=O)O)c(-c2ccccc2C)c1. The third kappa shape index (κ3) is 9.23. The molecule has 1 fully saturated rings. The normalized spacial score (nSPS) is 18.0. The number of carbonyl (C=O) groups is 2. The fourth-order valence-corrected chi connectivity index (χ4v) is 8.22. The number of nitrogens with zero attached hydrogens (tertiary/aromatic N) is 1. The smallest absolute Gasteiger partial charge is 0.326 e. The van der Waals surface area contributed by atoms with Crippen molar-refractivity contribution in [3.05, 3.63) is 95.1 Å². The minimum Gasteiger partial charge on any atom is -0.480 e. The zero-order valence-corrected chi connectivity index (χ0v) is 27.3. The van der Waals surface area contributed by atoms with Crippen LogP contribution in [0.3, 0.4) is 0 Å². The summed E-state index contributed by atoms with van der Waals surface area (Å²) in [5.74, 6) is -2.37. The number of amides is 1. The van der Waals surface area contributed by atoms with Crippen molar-refractivity contribution in [2.75, 3.05) is 32.3 Å². The first-order valence-corrected chi connectivity index (χ1v) is 18.4. The Balaban J connectivity index is 1.61.